The second-order valence-electron chi connectivity index (χ2n) is 3.12. The van der Waals surface area contributed by atoms with Crippen LogP contribution in [-0.4, -0.2) is 43.8 Å². The first-order valence-corrected chi connectivity index (χ1v) is 5.15. The number of nitrogens with two attached hydrogens (primary N) is 1. The van der Waals surface area contributed by atoms with Crippen LogP contribution in [0.2, 0.25) is 0 Å². The quantitative estimate of drug-likeness (QED) is 0.319. The molecule has 0 aliphatic rings. The Morgan fingerprint density at radius 2 is 1.89 bits per heavy atom. The van der Waals surface area contributed by atoms with Crippen molar-refractivity contribution in [2.24, 2.45) is 25.9 Å². The monoisotopic (exact) mass is 248 g/mol. The molecule has 0 amide bonds. The van der Waals surface area contributed by atoms with Crippen LogP contribution in [0.4, 0.5) is 0 Å². The van der Waals surface area contributed by atoms with Crippen LogP contribution in [-0.2, 0) is 0 Å². The molecular weight excluding hydrogens is 232 g/mol. The van der Waals surface area contributed by atoms with E-state index in [2.05, 4.69) is 36.0 Å². The predicted octanol–water partition coefficient (Wildman–Crippen LogP) is -0.536. The van der Waals surface area contributed by atoms with Crippen molar-refractivity contribution in [1.29, 1.82) is 0 Å². The Bertz CT molecular complexity index is 468. The third-order valence-electron chi connectivity index (χ3n) is 1.90. The highest BCUT2D eigenvalue weighted by Crippen LogP contribution is 2.01. The van der Waals surface area contributed by atoms with E-state index in [4.69, 9.17) is 5.73 Å². The van der Waals surface area contributed by atoms with Gasteiger partial charge in [-0.2, -0.15) is 10.2 Å². The molecule has 0 radical (unpaired) electrons. The van der Waals surface area contributed by atoms with Gasteiger partial charge in [-0.3, -0.25) is 15.4 Å². The first-order valence-electron chi connectivity index (χ1n) is 5.15. The van der Waals surface area contributed by atoms with Gasteiger partial charge in [0.25, 0.3) is 0 Å². The summed E-state index contributed by atoms with van der Waals surface area (Å²) in [6.45, 7) is 0. The number of nitrogens with zero attached hydrogens (tertiary/aromatic N) is 4. The van der Waals surface area contributed by atoms with Crippen molar-refractivity contribution in [3.05, 3.63) is 23.5 Å². The molecule has 0 bridgehead atoms. The number of aromatic nitrogens is 1. The Balaban J connectivity index is 2.62. The van der Waals surface area contributed by atoms with Gasteiger partial charge in [-0.1, -0.05) is 0 Å². The lowest BCUT2D eigenvalue weighted by Crippen LogP contribution is -2.26. The molecular formula is C10H16N8. The van der Waals surface area contributed by atoms with Gasteiger partial charge in [0.15, 0.2) is 0 Å². The van der Waals surface area contributed by atoms with Crippen LogP contribution in [0, 0.1) is 0 Å². The van der Waals surface area contributed by atoms with Gasteiger partial charge in [-0.05, 0) is 0 Å². The number of nitrogens with one attached hydrogen (secondary N) is 3. The number of hydrogen-bond acceptors (Lipinski definition) is 4. The molecule has 8 heteroatoms. The molecule has 0 atom stereocenters. The topological polar surface area (TPSA) is 115 Å². The number of rotatable bonds is 5. The molecule has 0 spiro atoms. The summed E-state index contributed by atoms with van der Waals surface area (Å²) >= 11 is 0. The summed E-state index contributed by atoms with van der Waals surface area (Å²) in [6.07, 6.45) is 8.34. The molecule has 0 saturated carbocycles. The van der Waals surface area contributed by atoms with Gasteiger partial charge in [0, 0.05) is 37.6 Å². The number of aromatic amines is 1. The first-order chi connectivity index (χ1) is 8.77. The van der Waals surface area contributed by atoms with Gasteiger partial charge >= 0.3 is 0 Å². The lowest BCUT2D eigenvalue weighted by molar-refractivity contribution is 1.01. The fraction of sp³-hybridized carbons (Fsp3) is 0.200. The van der Waals surface area contributed by atoms with Crippen LogP contribution < -0.4 is 16.6 Å². The number of hydrazone groups is 2. The van der Waals surface area contributed by atoms with E-state index in [1.165, 1.54) is 6.34 Å². The van der Waals surface area contributed by atoms with E-state index in [0.29, 0.717) is 0 Å². The molecule has 0 aliphatic heterocycles. The Hall–Kier alpha value is -2.64. The minimum atomic E-state index is 0.248. The molecule has 0 aliphatic carbocycles. The molecule has 0 fully saturated rings. The standard InChI is InChI=1S/C10H16N8/c1-12-7-17-15-5-8-3-14-4-9(8)6-16-18-10(11)13-2/h3-7,14H,1-2H3,(H,12,17)(H3,11,13,18)/b15-5+,16-6+. The number of H-pyrrole nitrogens is 1. The smallest absolute Gasteiger partial charge is 0.209 e. The molecule has 96 valence electrons. The fourth-order valence-electron chi connectivity index (χ4n) is 1.03. The van der Waals surface area contributed by atoms with Gasteiger partial charge in [0.2, 0.25) is 5.96 Å². The molecule has 5 N–H and O–H groups in total. The van der Waals surface area contributed by atoms with Crippen molar-refractivity contribution >= 4 is 24.7 Å². The zero-order valence-corrected chi connectivity index (χ0v) is 10.3. The number of aliphatic imine (C=N–C) groups is 2. The molecule has 18 heavy (non-hydrogen) atoms. The lowest BCUT2D eigenvalue weighted by Gasteiger charge is -1.95. The second-order valence-corrected chi connectivity index (χ2v) is 3.12. The normalized spacial score (nSPS) is 12.9. The van der Waals surface area contributed by atoms with Crippen LogP contribution in [0.3, 0.4) is 0 Å². The Morgan fingerprint density at radius 3 is 2.50 bits per heavy atom. The van der Waals surface area contributed by atoms with Crippen LogP contribution in [0.15, 0.2) is 32.6 Å². The maximum atomic E-state index is 5.43. The average Bonchev–Trinajstić information content (AvgIpc) is 2.82. The van der Waals surface area contributed by atoms with Gasteiger partial charge < -0.3 is 10.7 Å². The highest BCUT2D eigenvalue weighted by molar-refractivity contribution is 5.94. The summed E-state index contributed by atoms with van der Waals surface area (Å²) in [5.41, 5.74) is 12.4. The van der Waals surface area contributed by atoms with Crippen LogP contribution in [0.1, 0.15) is 11.1 Å². The van der Waals surface area contributed by atoms with E-state index in [1.807, 2.05) is 0 Å². The first kappa shape index (κ1) is 13.4. The third kappa shape index (κ3) is 4.47. The minimum absolute atomic E-state index is 0.248. The zero-order valence-electron chi connectivity index (χ0n) is 10.3. The Morgan fingerprint density at radius 1 is 1.22 bits per heavy atom. The maximum absolute atomic E-state index is 5.43. The maximum Gasteiger partial charge on any atom is 0.209 e. The van der Waals surface area contributed by atoms with E-state index >= 15 is 0 Å². The van der Waals surface area contributed by atoms with E-state index in [9.17, 15) is 0 Å². The van der Waals surface area contributed by atoms with Gasteiger partial charge in [0.05, 0.1) is 12.4 Å². The van der Waals surface area contributed by atoms with Crippen LogP contribution >= 0.6 is 0 Å². The molecule has 1 aromatic rings. The number of hydrogen-bond donors (Lipinski definition) is 4. The van der Waals surface area contributed by atoms with Gasteiger partial charge in [-0.15, -0.1) is 0 Å². The molecule has 0 aromatic carbocycles. The highest BCUT2D eigenvalue weighted by atomic mass is 15.3. The Kier molecular flexibility index (Phi) is 5.67. The molecule has 0 unspecified atom stereocenters. The summed E-state index contributed by atoms with van der Waals surface area (Å²) in [7, 11) is 3.23. The summed E-state index contributed by atoms with van der Waals surface area (Å²) in [4.78, 5) is 10.4. The van der Waals surface area contributed by atoms with Crippen molar-refractivity contribution in [3.8, 4) is 0 Å². The van der Waals surface area contributed by atoms with E-state index < -0.39 is 0 Å². The minimum Gasteiger partial charge on any atom is -0.369 e. The second kappa shape index (κ2) is 7.60. The predicted molar refractivity (Wildman–Crippen MR) is 74.2 cm³/mol. The van der Waals surface area contributed by atoms with Crippen LogP contribution in [0.25, 0.3) is 0 Å². The lowest BCUT2D eigenvalue weighted by atomic mass is 10.2. The zero-order chi connectivity index (χ0) is 13.2. The van der Waals surface area contributed by atoms with Crippen LogP contribution in [0.5, 0.6) is 0 Å². The van der Waals surface area contributed by atoms with Crippen molar-refractivity contribution in [2.45, 2.75) is 0 Å². The van der Waals surface area contributed by atoms with Crippen molar-refractivity contribution < 1.29 is 0 Å². The summed E-state index contributed by atoms with van der Waals surface area (Å²) in [6, 6.07) is 0. The van der Waals surface area contributed by atoms with Crippen molar-refractivity contribution in [1.82, 2.24) is 15.8 Å². The van der Waals surface area contributed by atoms with E-state index in [-0.39, 0.29) is 5.96 Å². The number of guanidine groups is 1. The summed E-state index contributed by atoms with van der Waals surface area (Å²) < 4.78 is 0. The third-order valence-corrected chi connectivity index (χ3v) is 1.90. The molecule has 0 saturated heterocycles. The Labute approximate surface area is 105 Å². The molecule has 1 rings (SSSR count). The van der Waals surface area contributed by atoms with E-state index in [0.717, 1.165) is 11.1 Å². The summed E-state index contributed by atoms with van der Waals surface area (Å²) in [5, 5.41) is 7.88. The highest BCUT2D eigenvalue weighted by Gasteiger charge is 1.97. The molecule has 8 nitrogen and oxygen atoms in total. The molecule has 1 aromatic heterocycles. The molecule has 1 heterocycles. The van der Waals surface area contributed by atoms with Gasteiger partial charge in [-0.25, -0.2) is 5.43 Å². The fourth-order valence-corrected chi connectivity index (χ4v) is 1.03. The largest absolute Gasteiger partial charge is 0.369 e. The van der Waals surface area contributed by atoms with Crippen molar-refractivity contribution in [2.75, 3.05) is 14.1 Å². The summed E-state index contributed by atoms with van der Waals surface area (Å²) in [5.74, 6) is 0.248. The van der Waals surface area contributed by atoms with E-state index in [1.54, 1.807) is 38.9 Å². The van der Waals surface area contributed by atoms with Gasteiger partial charge in [0.1, 0.15) is 6.34 Å². The van der Waals surface area contributed by atoms with Crippen molar-refractivity contribution in [3.63, 3.8) is 0 Å². The SMILES string of the molecule is CN=CN/N=C/c1c[nH]cc1/C=N/NC(N)=NC. The average molecular weight is 248 g/mol.